The van der Waals surface area contributed by atoms with Crippen molar-refractivity contribution in [1.29, 1.82) is 0 Å². The Morgan fingerprint density at radius 2 is 1.22 bits per heavy atom. The fourth-order valence-electron chi connectivity index (χ4n) is 4.30. The molecule has 1 saturated heterocycles. The molecule has 5 unspecified atom stereocenters. The van der Waals surface area contributed by atoms with E-state index >= 15 is 0 Å². The second kappa shape index (κ2) is 10.4. The SMILES string of the molecule is CC(=O)OC1C(C)OC(Oc2ccc(N3C(=O)c4ccccc4C3=O)cc2)C(OC(C)=O)C1OC(C)=O. The van der Waals surface area contributed by atoms with Gasteiger partial charge in [-0.2, -0.15) is 0 Å². The Hall–Kier alpha value is -4.25. The van der Waals surface area contributed by atoms with Gasteiger partial charge in [0, 0.05) is 20.8 Å². The van der Waals surface area contributed by atoms with Crippen molar-refractivity contribution in [2.45, 2.75) is 58.4 Å². The lowest BCUT2D eigenvalue weighted by Crippen LogP contribution is -2.62. The van der Waals surface area contributed by atoms with E-state index in [2.05, 4.69) is 0 Å². The highest BCUT2D eigenvalue weighted by Crippen LogP contribution is 2.33. The van der Waals surface area contributed by atoms with Crippen LogP contribution in [-0.4, -0.2) is 60.4 Å². The summed E-state index contributed by atoms with van der Waals surface area (Å²) in [6.45, 7) is 5.12. The van der Waals surface area contributed by atoms with Crippen molar-refractivity contribution < 1.29 is 47.7 Å². The Labute approximate surface area is 212 Å². The molecule has 4 rings (SSSR count). The Morgan fingerprint density at radius 3 is 1.73 bits per heavy atom. The summed E-state index contributed by atoms with van der Waals surface area (Å²) in [4.78, 5) is 61.9. The van der Waals surface area contributed by atoms with E-state index in [1.54, 1.807) is 31.2 Å². The molecule has 0 N–H and O–H groups in total. The molecule has 0 bridgehead atoms. The van der Waals surface area contributed by atoms with Crippen LogP contribution >= 0.6 is 0 Å². The van der Waals surface area contributed by atoms with E-state index in [9.17, 15) is 24.0 Å². The normalized spacial score (nSPS) is 24.8. The summed E-state index contributed by atoms with van der Waals surface area (Å²) in [7, 11) is 0. The van der Waals surface area contributed by atoms with Crippen molar-refractivity contribution in [2.24, 2.45) is 0 Å². The molecular weight excluding hydrogens is 486 g/mol. The zero-order valence-electron chi connectivity index (χ0n) is 20.5. The molecule has 2 amide bonds. The highest BCUT2D eigenvalue weighted by atomic mass is 16.7. The number of rotatable bonds is 6. The van der Waals surface area contributed by atoms with Crippen LogP contribution in [0.2, 0.25) is 0 Å². The third-order valence-corrected chi connectivity index (χ3v) is 5.77. The number of fused-ring (bicyclic) bond motifs is 1. The number of hydrogen-bond acceptors (Lipinski definition) is 10. The Morgan fingerprint density at radius 1 is 0.730 bits per heavy atom. The molecule has 2 heterocycles. The van der Waals surface area contributed by atoms with Gasteiger partial charge in [-0.25, -0.2) is 4.90 Å². The van der Waals surface area contributed by atoms with Crippen molar-refractivity contribution in [1.82, 2.24) is 0 Å². The summed E-state index contributed by atoms with van der Waals surface area (Å²) < 4.78 is 27.8. The van der Waals surface area contributed by atoms with Crippen molar-refractivity contribution in [2.75, 3.05) is 4.90 Å². The molecule has 1 fully saturated rings. The highest BCUT2D eigenvalue weighted by Gasteiger charge is 2.51. The molecule has 2 aliphatic heterocycles. The molecule has 5 atom stereocenters. The summed E-state index contributed by atoms with van der Waals surface area (Å²) in [5.41, 5.74) is 0.974. The fourth-order valence-corrected chi connectivity index (χ4v) is 4.30. The van der Waals surface area contributed by atoms with Gasteiger partial charge in [0.15, 0.2) is 12.2 Å². The van der Waals surface area contributed by atoms with Gasteiger partial charge in [-0.05, 0) is 43.3 Å². The fraction of sp³-hybridized carbons (Fsp3) is 0.346. The standard InChI is InChI=1S/C26H25NO10/c1-13-21(34-14(2)28)22(35-15(3)29)23(36-16(4)30)26(33-13)37-18-11-9-17(10-12-18)27-24(31)19-7-5-6-8-20(19)25(27)32/h5-13,21-23,26H,1-4H3. The average molecular weight is 511 g/mol. The summed E-state index contributed by atoms with van der Waals surface area (Å²) in [6.07, 6.45) is -5.54. The van der Waals surface area contributed by atoms with Gasteiger partial charge in [-0.1, -0.05) is 12.1 Å². The molecule has 0 radical (unpaired) electrons. The molecular formula is C26H25NO10. The molecule has 11 heteroatoms. The first kappa shape index (κ1) is 25.8. The maximum Gasteiger partial charge on any atom is 0.303 e. The summed E-state index contributed by atoms with van der Waals surface area (Å²) in [5, 5.41) is 0. The van der Waals surface area contributed by atoms with E-state index in [0.717, 1.165) is 11.8 Å². The summed E-state index contributed by atoms with van der Waals surface area (Å²) >= 11 is 0. The monoisotopic (exact) mass is 511 g/mol. The quantitative estimate of drug-likeness (QED) is 0.323. The molecule has 2 aromatic carbocycles. The zero-order chi connectivity index (χ0) is 26.9. The topological polar surface area (TPSA) is 135 Å². The van der Waals surface area contributed by atoms with E-state index in [0.29, 0.717) is 16.8 Å². The minimum absolute atomic E-state index is 0.252. The van der Waals surface area contributed by atoms with E-state index < -0.39 is 60.4 Å². The van der Waals surface area contributed by atoms with Crippen LogP contribution in [-0.2, 0) is 33.3 Å². The highest BCUT2D eigenvalue weighted by molar-refractivity contribution is 6.34. The number of benzene rings is 2. The van der Waals surface area contributed by atoms with Crippen molar-refractivity contribution in [3.05, 3.63) is 59.7 Å². The van der Waals surface area contributed by atoms with Crippen LogP contribution in [0.4, 0.5) is 5.69 Å². The van der Waals surface area contributed by atoms with Crippen LogP contribution < -0.4 is 9.64 Å². The minimum Gasteiger partial charge on any atom is -0.461 e. The van der Waals surface area contributed by atoms with Gasteiger partial charge >= 0.3 is 17.9 Å². The number of imide groups is 1. The van der Waals surface area contributed by atoms with Crippen LogP contribution in [0, 0.1) is 0 Å². The lowest BCUT2D eigenvalue weighted by Gasteiger charge is -2.43. The number of ether oxygens (including phenoxy) is 5. The van der Waals surface area contributed by atoms with E-state index in [-0.39, 0.29) is 5.75 Å². The van der Waals surface area contributed by atoms with Crippen LogP contribution in [0.1, 0.15) is 48.4 Å². The largest absolute Gasteiger partial charge is 0.461 e. The van der Waals surface area contributed by atoms with E-state index in [1.165, 1.54) is 38.1 Å². The Balaban J connectivity index is 1.57. The maximum atomic E-state index is 12.8. The molecule has 194 valence electrons. The molecule has 11 nitrogen and oxygen atoms in total. The zero-order valence-corrected chi connectivity index (χ0v) is 20.5. The van der Waals surface area contributed by atoms with Crippen molar-refractivity contribution in [3.63, 3.8) is 0 Å². The Kier molecular flexibility index (Phi) is 7.25. The third-order valence-electron chi connectivity index (χ3n) is 5.77. The van der Waals surface area contributed by atoms with Gasteiger partial charge in [0.1, 0.15) is 5.75 Å². The molecule has 0 saturated carbocycles. The van der Waals surface area contributed by atoms with Crippen LogP contribution in [0.25, 0.3) is 0 Å². The van der Waals surface area contributed by atoms with E-state index in [1.807, 2.05) is 0 Å². The van der Waals surface area contributed by atoms with Crippen molar-refractivity contribution in [3.8, 4) is 5.75 Å². The van der Waals surface area contributed by atoms with Gasteiger partial charge in [0.2, 0.25) is 12.4 Å². The number of nitrogens with zero attached hydrogens (tertiary/aromatic N) is 1. The number of hydrogen-bond donors (Lipinski definition) is 0. The third kappa shape index (κ3) is 5.31. The molecule has 37 heavy (non-hydrogen) atoms. The first-order chi connectivity index (χ1) is 17.6. The van der Waals surface area contributed by atoms with Crippen LogP contribution in [0.15, 0.2) is 48.5 Å². The van der Waals surface area contributed by atoms with Gasteiger partial charge < -0.3 is 23.7 Å². The maximum absolute atomic E-state index is 12.8. The predicted molar refractivity (Wildman–Crippen MR) is 126 cm³/mol. The van der Waals surface area contributed by atoms with Crippen LogP contribution in [0.5, 0.6) is 5.75 Å². The first-order valence-electron chi connectivity index (χ1n) is 11.5. The second-order valence-electron chi connectivity index (χ2n) is 8.53. The lowest BCUT2D eigenvalue weighted by molar-refractivity contribution is -0.280. The van der Waals surface area contributed by atoms with Crippen LogP contribution in [0.3, 0.4) is 0 Å². The molecule has 2 aliphatic rings. The van der Waals surface area contributed by atoms with Crippen molar-refractivity contribution >= 4 is 35.4 Å². The van der Waals surface area contributed by atoms with Gasteiger partial charge in [0.05, 0.1) is 22.9 Å². The summed E-state index contributed by atoms with van der Waals surface area (Å²) in [5.74, 6) is -2.64. The number of esters is 3. The summed E-state index contributed by atoms with van der Waals surface area (Å²) in [6, 6.07) is 12.6. The van der Waals surface area contributed by atoms with Gasteiger partial charge in [0.25, 0.3) is 11.8 Å². The number of carbonyl (C=O) groups is 5. The first-order valence-corrected chi connectivity index (χ1v) is 11.5. The minimum atomic E-state index is -1.27. The average Bonchev–Trinajstić information content (AvgIpc) is 3.09. The van der Waals surface area contributed by atoms with Gasteiger partial charge in [-0.3, -0.25) is 24.0 Å². The lowest BCUT2D eigenvalue weighted by atomic mass is 9.99. The number of anilines is 1. The molecule has 0 aromatic heterocycles. The Bertz CT molecular complexity index is 1210. The van der Waals surface area contributed by atoms with Gasteiger partial charge in [-0.15, -0.1) is 0 Å². The molecule has 2 aromatic rings. The van der Waals surface area contributed by atoms with E-state index in [4.69, 9.17) is 23.7 Å². The predicted octanol–water partition coefficient (Wildman–Crippen LogP) is 2.41. The molecule has 0 aliphatic carbocycles. The smallest absolute Gasteiger partial charge is 0.303 e. The number of carbonyl (C=O) groups excluding carboxylic acids is 5. The molecule has 0 spiro atoms. The second-order valence-corrected chi connectivity index (χ2v) is 8.53. The number of amides is 2.